The molecule has 5 heteroatoms. The molecule has 1 aliphatic rings. The minimum atomic E-state index is -2.81. The van der Waals surface area contributed by atoms with Crippen LogP contribution in [0.2, 0.25) is 5.04 Å². The maximum atomic E-state index is 11.3. The summed E-state index contributed by atoms with van der Waals surface area (Å²) < 4.78 is 13.2. The molecular weight excluding hydrogens is 438 g/mol. The molecule has 180 valence electrons. The normalized spacial score (nSPS) is 16.1. The van der Waals surface area contributed by atoms with Gasteiger partial charge in [-0.1, -0.05) is 93.6 Å². The van der Waals surface area contributed by atoms with E-state index in [9.17, 15) is 5.11 Å². The second-order valence-electron chi connectivity index (χ2n) is 10.2. The number of nitrogens with one attached hydrogen (secondary N) is 1. The van der Waals surface area contributed by atoms with Crippen molar-refractivity contribution in [2.75, 3.05) is 20.2 Å². The first-order valence-corrected chi connectivity index (χ1v) is 14.1. The fourth-order valence-electron chi connectivity index (χ4n) is 5.29. The van der Waals surface area contributed by atoms with Crippen molar-refractivity contribution >= 4 is 18.7 Å². The van der Waals surface area contributed by atoms with E-state index in [0.29, 0.717) is 11.5 Å². The van der Waals surface area contributed by atoms with Crippen LogP contribution in [0.15, 0.2) is 78.9 Å². The Balaban J connectivity index is 1.86. The zero-order valence-electron chi connectivity index (χ0n) is 20.8. The molecule has 34 heavy (non-hydrogen) atoms. The molecule has 4 nitrogen and oxygen atoms in total. The van der Waals surface area contributed by atoms with E-state index >= 15 is 0 Å². The van der Waals surface area contributed by atoms with Crippen molar-refractivity contribution in [2.24, 2.45) is 5.92 Å². The van der Waals surface area contributed by atoms with E-state index in [2.05, 4.69) is 74.6 Å². The van der Waals surface area contributed by atoms with E-state index in [1.807, 2.05) is 30.3 Å². The second-order valence-corrected chi connectivity index (χ2v) is 14.4. The van der Waals surface area contributed by atoms with Gasteiger partial charge in [-0.2, -0.15) is 0 Å². The molecule has 0 aliphatic carbocycles. The van der Waals surface area contributed by atoms with Crippen LogP contribution in [0, 0.1) is 5.92 Å². The van der Waals surface area contributed by atoms with Crippen molar-refractivity contribution in [1.29, 1.82) is 0 Å². The summed E-state index contributed by atoms with van der Waals surface area (Å²) in [6, 6.07) is 27.1. The van der Waals surface area contributed by atoms with Gasteiger partial charge in [-0.25, -0.2) is 0 Å². The third kappa shape index (κ3) is 4.65. The van der Waals surface area contributed by atoms with Gasteiger partial charge in [0.25, 0.3) is 0 Å². The zero-order chi connectivity index (χ0) is 24.2. The van der Waals surface area contributed by atoms with Crippen molar-refractivity contribution in [1.82, 2.24) is 5.32 Å². The number of rotatable bonds is 7. The van der Waals surface area contributed by atoms with Crippen LogP contribution < -0.4 is 24.9 Å². The summed E-state index contributed by atoms with van der Waals surface area (Å²) in [6.45, 7) is 8.66. The van der Waals surface area contributed by atoms with Gasteiger partial charge in [-0.15, -0.1) is 0 Å². The highest BCUT2D eigenvalue weighted by Crippen LogP contribution is 2.44. The highest BCUT2D eigenvalue weighted by atomic mass is 28.4. The first-order valence-electron chi connectivity index (χ1n) is 12.2. The Kier molecular flexibility index (Phi) is 7.46. The zero-order valence-corrected chi connectivity index (χ0v) is 21.8. The molecule has 3 aromatic carbocycles. The highest BCUT2D eigenvalue weighted by molar-refractivity contribution is 7.00. The van der Waals surface area contributed by atoms with E-state index < -0.39 is 14.4 Å². The number of aliphatic hydroxyl groups excluding tert-OH is 1. The third-order valence-corrected chi connectivity index (χ3v) is 12.0. The highest BCUT2D eigenvalue weighted by Gasteiger charge is 2.52. The van der Waals surface area contributed by atoms with Gasteiger partial charge >= 0.3 is 8.32 Å². The molecule has 0 unspecified atom stereocenters. The molecule has 0 aromatic heterocycles. The molecule has 0 amide bonds. The number of para-hydroxylation sites is 1. The van der Waals surface area contributed by atoms with Crippen LogP contribution in [0.3, 0.4) is 0 Å². The van der Waals surface area contributed by atoms with Gasteiger partial charge in [-0.3, -0.25) is 0 Å². The van der Waals surface area contributed by atoms with Gasteiger partial charge in [-0.05, 0) is 53.3 Å². The van der Waals surface area contributed by atoms with Gasteiger partial charge in [0.15, 0.2) is 5.75 Å². The molecule has 3 aromatic rings. The smallest absolute Gasteiger partial charge is 0.320 e. The minimum Gasteiger partial charge on any atom is -0.531 e. The molecule has 1 atom stereocenters. The van der Waals surface area contributed by atoms with Crippen molar-refractivity contribution in [3.05, 3.63) is 84.4 Å². The number of benzene rings is 3. The van der Waals surface area contributed by atoms with Crippen molar-refractivity contribution in [2.45, 2.75) is 44.8 Å². The van der Waals surface area contributed by atoms with E-state index in [0.717, 1.165) is 31.5 Å². The van der Waals surface area contributed by atoms with Crippen LogP contribution in [0.4, 0.5) is 0 Å². The lowest BCUT2D eigenvalue weighted by Gasteiger charge is -2.43. The average molecular weight is 476 g/mol. The molecular formula is C29H37NO3Si. The van der Waals surface area contributed by atoms with Crippen LogP contribution in [0.25, 0.3) is 0 Å². The van der Waals surface area contributed by atoms with Crippen LogP contribution in [-0.4, -0.2) is 33.6 Å². The average Bonchev–Trinajstić information content (AvgIpc) is 2.87. The summed E-state index contributed by atoms with van der Waals surface area (Å²) in [5, 5.41) is 17.0. The molecule has 4 rings (SSSR count). The molecule has 1 saturated heterocycles. The number of aliphatic hydroxyl groups is 1. The Morgan fingerprint density at radius 3 is 1.91 bits per heavy atom. The van der Waals surface area contributed by atoms with Crippen LogP contribution in [0.5, 0.6) is 11.5 Å². The fourth-order valence-corrected chi connectivity index (χ4v) is 9.71. The van der Waals surface area contributed by atoms with Crippen LogP contribution >= 0.6 is 0 Å². The molecule has 0 spiro atoms. The van der Waals surface area contributed by atoms with Crippen LogP contribution in [-0.2, 0) is 0 Å². The van der Waals surface area contributed by atoms with E-state index in [1.165, 1.54) is 10.4 Å². The number of piperidine rings is 1. The van der Waals surface area contributed by atoms with Crippen LogP contribution in [0.1, 0.15) is 45.3 Å². The Morgan fingerprint density at radius 1 is 0.853 bits per heavy atom. The molecule has 1 aliphatic heterocycles. The number of methoxy groups -OCH3 is 1. The predicted molar refractivity (Wildman–Crippen MR) is 142 cm³/mol. The largest absolute Gasteiger partial charge is 0.531 e. The summed E-state index contributed by atoms with van der Waals surface area (Å²) in [6.07, 6.45) is 1.31. The maximum Gasteiger partial charge on any atom is 0.320 e. The minimum absolute atomic E-state index is 0.162. The Bertz CT molecular complexity index is 1020. The van der Waals surface area contributed by atoms with Crippen molar-refractivity contribution in [3.63, 3.8) is 0 Å². The quantitative estimate of drug-likeness (QED) is 0.488. The topological polar surface area (TPSA) is 50.7 Å². The number of ether oxygens (including phenoxy) is 1. The first kappa shape index (κ1) is 24.5. The Hall–Kier alpha value is -2.60. The van der Waals surface area contributed by atoms with E-state index in [4.69, 9.17) is 9.16 Å². The Labute approximate surface area is 205 Å². The third-order valence-electron chi connectivity index (χ3n) is 7.04. The van der Waals surface area contributed by atoms with Gasteiger partial charge in [0.2, 0.25) is 0 Å². The second kappa shape index (κ2) is 10.3. The summed E-state index contributed by atoms with van der Waals surface area (Å²) in [7, 11) is -1.13. The summed E-state index contributed by atoms with van der Waals surface area (Å²) in [5.41, 5.74) is 0.810. The predicted octanol–water partition coefficient (Wildman–Crippen LogP) is 4.67. The lowest BCUT2D eigenvalue weighted by molar-refractivity contribution is 0.0862. The summed E-state index contributed by atoms with van der Waals surface area (Å²) >= 11 is 0. The van der Waals surface area contributed by atoms with Gasteiger partial charge in [0.1, 0.15) is 5.75 Å². The Morgan fingerprint density at radius 2 is 1.41 bits per heavy atom. The lowest BCUT2D eigenvalue weighted by atomic mass is 9.87. The van der Waals surface area contributed by atoms with Crippen molar-refractivity contribution < 1.29 is 14.3 Å². The standard InChI is InChI=1S/C29H37NO3Si/c1-29(2,3)34(23-12-7-5-8-13-23,24-14-9-6-10-15-24)33-26-17-11-16-25(28(26)32-4)27(31)22-18-20-30-21-19-22/h5-17,22,27,30-31H,18-21H2,1-4H3/t27-/m1/s1. The van der Waals surface area contributed by atoms with E-state index in [-0.39, 0.29) is 11.0 Å². The van der Waals surface area contributed by atoms with E-state index in [1.54, 1.807) is 7.11 Å². The maximum absolute atomic E-state index is 11.3. The number of hydrogen-bond acceptors (Lipinski definition) is 4. The molecule has 0 radical (unpaired) electrons. The number of hydrogen-bond donors (Lipinski definition) is 2. The molecule has 0 saturated carbocycles. The van der Waals surface area contributed by atoms with Gasteiger partial charge in [0.05, 0.1) is 13.2 Å². The van der Waals surface area contributed by atoms with Crippen molar-refractivity contribution in [3.8, 4) is 11.5 Å². The molecule has 1 heterocycles. The lowest BCUT2D eigenvalue weighted by Crippen LogP contribution is -2.68. The SMILES string of the molecule is COc1c(O[Si](c2ccccc2)(c2ccccc2)C(C)(C)C)cccc1[C@H](O)C1CCNCC1. The first-order chi connectivity index (χ1) is 16.4. The molecule has 1 fully saturated rings. The monoisotopic (exact) mass is 475 g/mol. The van der Waals surface area contributed by atoms with Gasteiger partial charge in [0, 0.05) is 5.56 Å². The van der Waals surface area contributed by atoms with Gasteiger partial charge < -0.3 is 19.6 Å². The molecule has 0 bridgehead atoms. The summed E-state index contributed by atoms with van der Waals surface area (Å²) in [5.74, 6) is 1.54. The summed E-state index contributed by atoms with van der Waals surface area (Å²) in [4.78, 5) is 0. The fraction of sp³-hybridized carbons (Fsp3) is 0.379. The molecule has 2 N–H and O–H groups in total.